The monoisotopic (exact) mass is 542 g/mol. The first-order chi connectivity index (χ1) is 19.2. The number of anilines is 1. The maximum atomic E-state index is 14.8. The van der Waals surface area contributed by atoms with Crippen LogP contribution in [0.5, 0.6) is 0 Å². The second kappa shape index (κ2) is 9.71. The van der Waals surface area contributed by atoms with E-state index in [-0.39, 0.29) is 19.1 Å². The summed E-state index contributed by atoms with van der Waals surface area (Å²) in [6.45, 7) is 5.78. The Kier molecular flexibility index (Phi) is 6.43. The number of ether oxygens (including phenoxy) is 2. The van der Waals surface area contributed by atoms with Gasteiger partial charge in [-0.25, -0.2) is 0 Å². The molecule has 8 heteroatoms. The van der Waals surface area contributed by atoms with E-state index >= 15 is 0 Å². The number of hydrogen-bond acceptors (Lipinski definition) is 6. The van der Waals surface area contributed by atoms with Crippen LogP contribution in [0.1, 0.15) is 36.1 Å². The van der Waals surface area contributed by atoms with Gasteiger partial charge >= 0.3 is 5.97 Å². The van der Waals surface area contributed by atoms with Gasteiger partial charge in [-0.15, -0.1) is 0 Å². The molecule has 0 aliphatic carbocycles. The molecule has 6 atom stereocenters. The average Bonchev–Trinajstić information content (AvgIpc) is 3.25. The highest BCUT2D eigenvalue weighted by molar-refractivity contribution is 6.06. The zero-order chi connectivity index (χ0) is 28.2. The lowest BCUT2D eigenvalue weighted by atomic mass is 9.74. The number of hydrogen-bond donors (Lipinski definition) is 1. The fourth-order valence-electron chi connectivity index (χ4n) is 7.22. The van der Waals surface area contributed by atoms with Crippen LogP contribution in [-0.4, -0.2) is 64.8 Å². The molecule has 1 unspecified atom stereocenters. The zero-order valence-electron chi connectivity index (χ0n) is 22.9. The molecule has 6 rings (SSSR count). The number of fused-ring (bicyclic) bond motifs is 2. The van der Waals surface area contributed by atoms with Crippen molar-refractivity contribution in [3.8, 4) is 0 Å². The standard InChI is InChI=1S/C32H34N2O6/c1-20-11-9-12-21(2)26(20)33-17-10-16-32-24(25-30(38)39-18-8-7-15-31(25,3)40-32)28(36)34(27(32)29(33)37)23(19-35)22-13-5-4-6-14-22/h4-7,9-16,23-25,27,35H,8,17-19H2,1-3H3/t23-,24+,25+,27?,31-,32+/m1/s1. The molecule has 1 spiro atoms. The molecule has 2 aromatic rings. The molecular formula is C32H34N2O6. The van der Waals surface area contributed by atoms with Gasteiger partial charge in [0.25, 0.3) is 5.91 Å². The molecule has 0 aromatic heterocycles. The molecule has 4 heterocycles. The van der Waals surface area contributed by atoms with E-state index in [1.807, 2.05) is 86.7 Å². The summed E-state index contributed by atoms with van der Waals surface area (Å²) in [6, 6.07) is 13.1. The summed E-state index contributed by atoms with van der Waals surface area (Å²) >= 11 is 0. The number of cyclic esters (lactones) is 1. The average molecular weight is 543 g/mol. The molecule has 2 amide bonds. The topological polar surface area (TPSA) is 96.4 Å². The van der Waals surface area contributed by atoms with Gasteiger partial charge in [0.05, 0.1) is 30.8 Å². The van der Waals surface area contributed by atoms with Crippen LogP contribution in [0.25, 0.3) is 0 Å². The molecule has 4 aliphatic heterocycles. The maximum absolute atomic E-state index is 14.8. The molecular weight excluding hydrogens is 508 g/mol. The normalized spacial score (nSPS) is 32.1. The van der Waals surface area contributed by atoms with Crippen LogP contribution in [0, 0.1) is 25.7 Å². The van der Waals surface area contributed by atoms with Crippen LogP contribution >= 0.6 is 0 Å². The second-order valence-electron chi connectivity index (χ2n) is 11.3. The Hall–Kier alpha value is -3.75. The molecule has 0 saturated carbocycles. The number of nitrogens with zero attached hydrogens (tertiary/aromatic N) is 2. The largest absolute Gasteiger partial charge is 0.465 e. The number of carbonyl (C=O) groups is 3. The van der Waals surface area contributed by atoms with Crippen LogP contribution in [0.3, 0.4) is 0 Å². The second-order valence-corrected chi connectivity index (χ2v) is 11.3. The minimum absolute atomic E-state index is 0.210. The first kappa shape index (κ1) is 26.5. The summed E-state index contributed by atoms with van der Waals surface area (Å²) in [5, 5.41) is 10.7. The SMILES string of the molecule is Cc1cccc(C)c1N1CC=C[C@]23O[C@]4(C)C=CCCOC(=O)[C@@H]4[C@H]2C(=O)N([C@H](CO)c2ccccc2)C3C1=O. The number of para-hydroxylation sites is 1. The molecule has 2 saturated heterocycles. The number of amides is 2. The number of aliphatic hydroxyl groups is 1. The summed E-state index contributed by atoms with van der Waals surface area (Å²) in [6.07, 6.45) is 7.95. The number of carbonyl (C=O) groups excluding carboxylic acids is 3. The van der Waals surface area contributed by atoms with Crippen molar-refractivity contribution in [3.63, 3.8) is 0 Å². The number of aryl methyl sites for hydroxylation is 2. The predicted molar refractivity (Wildman–Crippen MR) is 148 cm³/mol. The van der Waals surface area contributed by atoms with E-state index in [4.69, 9.17) is 9.47 Å². The number of esters is 1. The molecule has 0 radical (unpaired) electrons. The summed E-state index contributed by atoms with van der Waals surface area (Å²) < 4.78 is 12.4. The first-order valence-corrected chi connectivity index (χ1v) is 13.8. The summed E-state index contributed by atoms with van der Waals surface area (Å²) in [4.78, 5) is 46.1. The highest BCUT2D eigenvalue weighted by Gasteiger charge is 2.75. The smallest absolute Gasteiger partial charge is 0.313 e. The van der Waals surface area contributed by atoms with Crippen molar-refractivity contribution in [2.75, 3.05) is 24.7 Å². The van der Waals surface area contributed by atoms with Crippen molar-refractivity contribution in [2.24, 2.45) is 11.8 Å². The van der Waals surface area contributed by atoms with Crippen molar-refractivity contribution in [2.45, 2.75) is 50.5 Å². The minimum atomic E-state index is -1.44. The molecule has 2 aromatic carbocycles. The van der Waals surface area contributed by atoms with Crippen molar-refractivity contribution in [1.29, 1.82) is 0 Å². The molecule has 4 aliphatic rings. The van der Waals surface area contributed by atoms with E-state index in [9.17, 15) is 19.5 Å². The minimum Gasteiger partial charge on any atom is -0.465 e. The number of rotatable bonds is 4. The zero-order valence-corrected chi connectivity index (χ0v) is 22.9. The Balaban J connectivity index is 1.56. The highest BCUT2D eigenvalue weighted by Crippen LogP contribution is 2.58. The van der Waals surface area contributed by atoms with E-state index in [0.29, 0.717) is 12.0 Å². The summed E-state index contributed by atoms with van der Waals surface area (Å²) in [5.74, 6) is -3.20. The Labute approximate surface area is 233 Å². The summed E-state index contributed by atoms with van der Waals surface area (Å²) in [7, 11) is 0. The molecule has 2 fully saturated rings. The van der Waals surface area contributed by atoms with Crippen molar-refractivity contribution in [1.82, 2.24) is 4.90 Å². The van der Waals surface area contributed by atoms with Gasteiger partial charge in [-0.1, -0.05) is 72.8 Å². The predicted octanol–water partition coefficient (Wildman–Crippen LogP) is 3.41. The van der Waals surface area contributed by atoms with Crippen LogP contribution in [0.15, 0.2) is 72.8 Å². The van der Waals surface area contributed by atoms with Crippen LogP contribution in [-0.2, 0) is 23.9 Å². The van der Waals surface area contributed by atoms with Gasteiger partial charge in [-0.2, -0.15) is 0 Å². The van der Waals surface area contributed by atoms with Crippen molar-refractivity contribution >= 4 is 23.5 Å². The quantitative estimate of drug-likeness (QED) is 0.470. The van der Waals surface area contributed by atoms with Crippen molar-refractivity contribution in [3.05, 3.63) is 89.5 Å². The fraction of sp³-hybridized carbons (Fsp3) is 0.406. The summed E-state index contributed by atoms with van der Waals surface area (Å²) in [5.41, 5.74) is 0.742. The van der Waals surface area contributed by atoms with Gasteiger partial charge in [-0.3, -0.25) is 14.4 Å². The van der Waals surface area contributed by atoms with E-state index in [1.54, 1.807) is 11.8 Å². The molecule has 1 N–H and O–H groups in total. The Morgan fingerprint density at radius 1 is 0.950 bits per heavy atom. The third kappa shape index (κ3) is 3.77. The van der Waals surface area contributed by atoms with E-state index in [1.165, 1.54) is 4.90 Å². The van der Waals surface area contributed by atoms with Gasteiger partial charge < -0.3 is 24.4 Å². The lowest BCUT2D eigenvalue weighted by Crippen LogP contribution is -2.57. The van der Waals surface area contributed by atoms with Gasteiger partial charge in [0.2, 0.25) is 5.91 Å². The highest BCUT2D eigenvalue weighted by atomic mass is 16.6. The first-order valence-electron chi connectivity index (χ1n) is 13.8. The fourth-order valence-corrected chi connectivity index (χ4v) is 7.22. The number of aliphatic hydroxyl groups excluding tert-OH is 1. The lowest BCUT2D eigenvalue weighted by Gasteiger charge is -2.40. The molecule has 8 nitrogen and oxygen atoms in total. The lowest BCUT2D eigenvalue weighted by molar-refractivity contribution is -0.160. The molecule has 40 heavy (non-hydrogen) atoms. The molecule has 208 valence electrons. The van der Waals surface area contributed by atoms with E-state index < -0.39 is 53.6 Å². The van der Waals surface area contributed by atoms with Gasteiger partial charge in [0.15, 0.2) is 0 Å². The number of benzene rings is 2. The van der Waals surface area contributed by atoms with Crippen molar-refractivity contribution < 1.29 is 29.0 Å². The Morgan fingerprint density at radius 3 is 2.38 bits per heavy atom. The Bertz CT molecular complexity index is 1400. The van der Waals surface area contributed by atoms with Gasteiger partial charge in [-0.05, 0) is 43.9 Å². The van der Waals surface area contributed by atoms with Crippen LogP contribution in [0.2, 0.25) is 0 Å². The Morgan fingerprint density at radius 2 is 1.68 bits per heavy atom. The number of likely N-dealkylation sites (tertiary alicyclic amines) is 1. The van der Waals surface area contributed by atoms with Crippen LogP contribution < -0.4 is 4.90 Å². The van der Waals surface area contributed by atoms with E-state index in [0.717, 1.165) is 16.8 Å². The van der Waals surface area contributed by atoms with Crippen LogP contribution in [0.4, 0.5) is 5.69 Å². The van der Waals surface area contributed by atoms with Gasteiger partial charge in [0, 0.05) is 12.2 Å². The van der Waals surface area contributed by atoms with E-state index in [2.05, 4.69) is 0 Å². The third-order valence-corrected chi connectivity index (χ3v) is 8.86. The molecule has 0 bridgehead atoms. The maximum Gasteiger partial charge on any atom is 0.313 e. The third-order valence-electron chi connectivity index (χ3n) is 8.86. The van der Waals surface area contributed by atoms with Gasteiger partial charge in [0.1, 0.15) is 17.6 Å².